The minimum Gasteiger partial charge on any atom is -0.489 e. The van der Waals surface area contributed by atoms with Gasteiger partial charge in [0.1, 0.15) is 18.0 Å². The molecule has 0 aliphatic carbocycles. The first-order valence-corrected chi connectivity index (χ1v) is 10.8. The Balaban J connectivity index is 2.02. The second kappa shape index (κ2) is 11.4. The van der Waals surface area contributed by atoms with Gasteiger partial charge in [-0.05, 0) is 71.4 Å². The van der Waals surface area contributed by atoms with Crippen molar-refractivity contribution in [2.24, 2.45) is 0 Å². The molecule has 31 heavy (non-hydrogen) atoms. The smallest absolute Gasteiger partial charge is 0.407 e. The first-order valence-electron chi connectivity index (χ1n) is 10.8. The van der Waals surface area contributed by atoms with Crippen molar-refractivity contribution in [2.75, 3.05) is 18.0 Å². The number of nitrogens with zero attached hydrogens (tertiary/aromatic N) is 1. The normalized spacial score (nSPS) is 11.9. The third-order valence-corrected chi connectivity index (χ3v) is 4.59. The highest BCUT2D eigenvalue weighted by atomic mass is 16.6. The molecule has 168 valence electrons. The summed E-state index contributed by atoms with van der Waals surface area (Å²) < 4.78 is 11.3. The molecule has 0 unspecified atom stereocenters. The largest absolute Gasteiger partial charge is 0.489 e. The van der Waals surface area contributed by atoms with Gasteiger partial charge in [0.25, 0.3) is 0 Å². The van der Waals surface area contributed by atoms with Gasteiger partial charge in [0.2, 0.25) is 0 Å². The van der Waals surface area contributed by atoms with Crippen LogP contribution in [0.1, 0.15) is 47.1 Å². The van der Waals surface area contributed by atoms with E-state index in [1.54, 1.807) is 0 Å². The van der Waals surface area contributed by atoms with Gasteiger partial charge in [-0.25, -0.2) is 4.79 Å². The van der Waals surface area contributed by atoms with Gasteiger partial charge in [0.15, 0.2) is 0 Å². The maximum Gasteiger partial charge on any atom is 0.407 e. The first-order chi connectivity index (χ1) is 14.6. The van der Waals surface area contributed by atoms with E-state index in [-0.39, 0.29) is 6.04 Å². The maximum atomic E-state index is 12.0. The highest BCUT2D eigenvalue weighted by Crippen LogP contribution is 2.22. The molecule has 0 saturated carbocycles. The van der Waals surface area contributed by atoms with Crippen LogP contribution in [0.25, 0.3) is 0 Å². The second-order valence-electron chi connectivity index (χ2n) is 8.93. The Morgan fingerprint density at radius 3 is 2.29 bits per heavy atom. The van der Waals surface area contributed by atoms with E-state index in [1.165, 1.54) is 5.57 Å². The number of carbonyl (C=O) groups is 1. The molecule has 0 fully saturated rings. The zero-order chi connectivity index (χ0) is 22.9. The van der Waals surface area contributed by atoms with E-state index in [4.69, 9.17) is 9.47 Å². The molecule has 5 nitrogen and oxygen atoms in total. The highest BCUT2D eigenvalue weighted by molar-refractivity contribution is 5.67. The fourth-order valence-electron chi connectivity index (χ4n) is 2.95. The maximum absolute atomic E-state index is 12.0. The Kier molecular flexibility index (Phi) is 8.98. The number of rotatable bonds is 9. The lowest BCUT2D eigenvalue weighted by Crippen LogP contribution is -2.44. The van der Waals surface area contributed by atoms with Crippen LogP contribution in [0.3, 0.4) is 0 Å². The SMILES string of the molecule is CC(C)=CCN(c1ccc(OCc2ccccc2)cc1)[C@@H](C)CNC(=O)OC(C)(C)C. The van der Waals surface area contributed by atoms with Gasteiger partial charge in [0.05, 0.1) is 0 Å². The molecule has 0 bridgehead atoms. The summed E-state index contributed by atoms with van der Waals surface area (Å²) in [4.78, 5) is 14.3. The standard InChI is InChI=1S/C26H36N2O3/c1-20(2)16-17-28(21(3)18-27-25(29)31-26(4,5)6)23-12-14-24(15-13-23)30-19-22-10-8-7-9-11-22/h7-16,21H,17-19H2,1-6H3,(H,27,29)/t21-/m0/s1. The summed E-state index contributed by atoms with van der Waals surface area (Å²) in [6.07, 6.45) is 1.79. The summed E-state index contributed by atoms with van der Waals surface area (Å²) in [6.45, 7) is 13.6. The lowest BCUT2D eigenvalue weighted by Gasteiger charge is -2.31. The number of nitrogens with one attached hydrogen (secondary N) is 1. The zero-order valence-corrected chi connectivity index (χ0v) is 19.6. The fraction of sp³-hybridized carbons (Fsp3) is 0.423. The van der Waals surface area contributed by atoms with Crippen molar-refractivity contribution in [1.82, 2.24) is 5.32 Å². The number of benzene rings is 2. The molecular formula is C26H36N2O3. The molecule has 0 spiro atoms. The highest BCUT2D eigenvalue weighted by Gasteiger charge is 2.19. The quantitative estimate of drug-likeness (QED) is 0.505. The number of carbonyl (C=O) groups excluding carboxylic acids is 1. The van der Waals surface area contributed by atoms with Crippen LogP contribution in [0.5, 0.6) is 5.75 Å². The van der Waals surface area contributed by atoms with Crippen LogP contribution < -0.4 is 15.0 Å². The third-order valence-electron chi connectivity index (χ3n) is 4.59. The third kappa shape index (κ3) is 9.16. The summed E-state index contributed by atoms with van der Waals surface area (Å²) in [5.74, 6) is 0.828. The molecule has 2 aromatic rings. The van der Waals surface area contributed by atoms with Gasteiger partial charge in [0, 0.05) is 24.8 Å². The van der Waals surface area contributed by atoms with Crippen molar-refractivity contribution in [3.8, 4) is 5.75 Å². The topological polar surface area (TPSA) is 50.8 Å². The predicted octanol–water partition coefficient (Wildman–Crippen LogP) is 5.95. The van der Waals surface area contributed by atoms with Crippen molar-refractivity contribution in [3.63, 3.8) is 0 Å². The average molecular weight is 425 g/mol. The molecular weight excluding hydrogens is 388 g/mol. The van der Waals surface area contributed by atoms with Crippen LogP contribution in [0.15, 0.2) is 66.2 Å². The van der Waals surface area contributed by atoms with Crippen LogP contribution in [-0.4, -0.2) is 30.8 Å². The zero-order valence-electron chi connectivity index (χ0n) is 19.6. The average Bonchev–Trinajstić information content (AvgIpc) is 2.71. The van der Waals surface area contributed by atoms with E-state index in [9.17, 15) is 4.79 Å². The first kappa shape index (κ1) is 24.3. The Hall–Kier alpha value is -2.95. The number of allylic oxidation sites excluding steroid dienone is 1. The minimum absolute atomic E-state index is 0.0826. The molecule has 0 aliphatic rings. The summed E-state index contributed by atoms with van der Waals surface area (Å²) in [5.41, 5.74) is 2.95. The van der Waals surface area contributed by atoms with E-state index >= 15 is 0 Å². The van der Waals surface area contributed by atoms with E-state index < -0.39 is 11.7 Å². The van der Waals surface area contributed by atoms with Gasteiger partial charge in [-0.3, -0.25) is 0 Å². The van der Waals surface area contributed by atoms with Crippen LogP contribution in [0.4, 0.5) is 10.5 Å². The van der Waals surface area contributed by atoms with Crippen molar-refractivity contribution >= 4 is 11.8 Å². The fourth-order valence-corrected chi connectivity index (χ4v) is 2.95. The monoisotopic (exact) mass is 424 g/mol. The van der Waals surface area contributed by atoms with Gasteiger partial charge in [-0.1, -0.05) is 42.0 Å². The second-order valence-corrected chi connectivity index (χ2v) is 8.93. The molecule has 0 aromatic heterocycles. The van der Waals surface area contributed by atoms with Crippen molar-refractivity contribution < 1.29 is 14.3 Å². The lowest BCUT2D eigenvalue weighted by molar-refractivity contribution is 0.0525. The van der Waals surface area contributed by atoms with E-state index in [1.807, 2.05) is 51.1 Å². The Morgan fingerprint density at radius 2 is 1.71 bits per heavy atom. The number of alkyl carbamates (subject to hydrolysis) is 1. The number of hydrogen-bond acceptors (Lipinski definition) is 4. The molecule has 5 heteroatoms. The molecule has 0 radical (unpaired) electrons. The van der Waals surface area contributed by atoms with Gasteiger partial charge in [-0.2, -0.15) is 0 Å². The van der Waals surface area contributed by atoms with E-state index in [0.29, 0.717) is 13.2 Å². The minimum atomic E-state index is -0.509. The molecule has 2 rings (SSSR count). The Bertz CT molecular complexity index is 835. The molecule has 2 aromatic carbocycles. The lowest BCUT2D eigenvalue weighted by atomic mass is 10.2. The van der Waals surface area contributed by atoms with Gasteiger partial charge in [-0.15, -0.1) is 0 Å². The van der Waals surface area contributed by atoms with E-state index in [0.717, 1.165) is 23.5 Å². The van der Waals surface area contributed by atoms with Crippen molar-refractivity contribution in [2.45, 2.75) is 59.8 Å². The van der Waals surface area contributed by atoms with Crippen molar-refractivity contribution in [3.05, 3.63) is 71.8 Å². The summed E-state index contributed by atoms with van der Waals surface area (Å²) in [7, 11) is 0. The summed E-state index contributed by atoms with van der Waals surface area (Å²) >= 11 is 0. The molecule has 1 amide bonds. The van der Waals surface area contributed by atoms with Crippen molar-refractivity contribution in [1.29, 1.82) is 0 Å². The summed E-state index contributed by atoms with van der Waals surface area (Å²) in [6, 6.07) is 18.3. The number of amides is 1. The Labute approximate surface area is 187 Å². The molecule has 0 heterocycles. The summed E-state index contributed by atoms with van der Waals surface area (Å²) in [5, 5.41) is 2.88. The predicted molar refractivity (Wildman–Crippen MR) is 128 cm³/mol. The van der Waals surface area contributed by atoms with Gasteiger partial charge >= 0.3 is 6.09 Å². The van der Waals surface area contributed by atoms with Crippen LogP contribution in [-0.2, 0) is 11.3 Å². The van der Waals surface area contributed by atoms with Crippen LogP contribution >= 0.6 is 0 Å². The number of anilines is 1. The van der Waals surface area contributed by atoms with Crippen LogP contribution in [0, 0.1) is 0 Å². The molecule has 0 aliphatic heterocycles. The molecule has 1 N–H and O–H groups in total. The Morgan fingerprint density at radius 1 is 1.06 bits per heavy atom. The van der Waals surface area contributed by atoms with Crippen LogP contribution in [0.2, 0.25) is 0 Å². The van der Waals surface area contributed by atoms with Gasteiger partial charge < -0.3 is 19.7 Å². The number of ether oxygens (including phenoxy) is 2. The molecule has 0 saturated heterocycles. The number of hydrogen-bond donors (Lipinski definition) is 1. The van der Waals surface area contributed by atoms with E-state index in [2.05, 4.69) is 61.3 Å². The molecule has 1 atom stereocenters.